The van der Waals surface area contributed by atoms with E-state index >= 15 is 0 Å². The highest BCUT2D eigenvalue weighted by Crippen LogP contribution is 2.22. The predicted octanol–water partition coefficient (Wildman–Crippen LogP) is 2.60. The molecule has 0 aliphatic heterocycles. The number of thiazole rings is 1. The minimum atomic E-state index is 0.0644. The van der Waals surface area contributed by atoms with Crippen LogP contribution in [0.1, 0.15) is 17.8 Å². The van der Waals surface area contributed by atoms with Crippen LogP contribution >= 0.6 is 11.3 Å². The molecule has 0 radical (unpaired) electrons. The standard InChI is InChI=1S/C14H15N3OS/c1-17(10-4-9-15)14(18)8-7-13-16-11-5-2-3-6-12(11)19-13/h2-3,5-6H,4,7-8,10H2,1H3. The molecule has 1 aromatic carbocycles. The lowest BCUT2D eigenvalue weighted by Gasteiger charge is -2.14. The van der Waals surface area contributed by atoms with E-state index in [0.29, 0.717) is 25.8 Å². The molecule has 98 valence electrons. The van der Waals surface area contributed by atoms with Crippen molar-refractivity contribution < 1.29 is 4.79 Å². The molecule has 0 saturated heterocycles. The van der Waals surface area contributed by atoms with Crippen molar-refractivity contribution >= 4 is 27.5 Å². The fraction of sp³-hybridized carbons (Fsp3) is 0.357. The number of nitrogens with zero attached hydrogens (tertiary/aromatic N) is 3. The van der Waals surface area contributed by atoms with Crippen LogP contribution in [-0.2, 0) is 11.2 Å². The SMILES string of the molecule is CN(CCC#N)C(=O)CCc1nc2ccccc2s1. The Hall–Kier alpha value is -1.93. The molecular formula is C14H15N3OS. The Morgan fingerprint density at radius 1 is 1.47 bits per heavy atom. The molecule has 0 N–H and O–H groups in total. The second-order valence-electron chi connectivity index (χ2n) is 4.30. The average Bonchev–Trinajstić information content (AvgIpc) is 2.84. The van der Waals surface area contributed by atoms with E-state index in [0.717, 1.165) is 15.2 Å². The van der Waals surface area contributed by atoms with Gasteiger partial charge in [0, 0.05) is 26.4 Å². The molecule has 0 atom stereocenters. The predicted molar refractivity (Wildman–Crippen MR) is 75.8 cm³/mol. The number of aryl methyl sites for hydroxylation is 1. The van der Waals surface area contributed by atoms with Crippen LogP contribution in [0.15, 0.2) is 24.3 Å². The lowest BCUT2D eigenvalue weighted by atomic mass is 10.3. The third-order valence-corrected chi connectivity index (χ3v) is 3.97. The van der Waals surface area contributed by atoms with Gasteiger partial charge in [0.15, 0.2) is 0 Å². The molecule has 0 bridgehead atoms. The van der Waals surface area contributed by atoms with Gasteiger partial charge in [-0.05, 0) is 12.1 Å². The van der Waals surface area contributed by atoms with Crippen molar-refractivity contribution in [1.29, 1.82) is 5.26 Å². The van der Waals surface area contributed by atoms with E-state index in [1.165, 1.54) is 0 Å². The average molecular weight is 273 g/mol. The van der Waals surface area contributed by atoms with Crippen LogP contribution in [0.2, 0.25) is 0 Å². The fourth-order valence-corrected chi connectivity index (χ4v) is 2.74. The van der Waals surface area contributed by atoms with Gasteiger partial charge < -0.3 is 4.90 Å². The molecule has 1 amide bonds. The number of fused-ring (bicyclic) bond motifs is 1. The molecule has 0 aliphatic rings. The van der Waals surface area contributed by atoms with Gasteiger partial charge in [-0.25, -0.2) is 4.98 Å². The fourth-order valence-electron chi connectivity index (χ4n) is 1.77. The number of hydrogen-bond donors (Lipinski definition) is 0. The molecule has 1 heterocycles. The van der Waals surface area contributed by atoms with Gasteiger partial charge in [0.2, 0.25) is 5.91 Å². The summed E-state index contributed by atoms with van der Waals surface area (Å²) in [5.74, 6) is 0.0644. The molecule has 2 rings (SSSR count). The highest BCUT2D eigenvalue weighted by atomic mass is 32.1. The molecule has 1 aromatic heterocycles. The maximum atomic E-state index is 11.8. The number of para-hydroxylation sites is 1. The summed E-state index contributed by atoms with van der Waals surface area (Å²) in [5.41, 5.74) is 0.993. The molecule has 0 unspecified atom stereocenters. The Morgan fingerprint density at radius 3 is 3.00 bits per heavy atom. The van der Waals surface area contributed by atoms with Crippen molar-refractivity contribution in [2.75, 3.05) is 13.6 Å². The zero-order valence-corrected chi connectivity index (χ0v) is 11.6. The molecule has 0 spiro atoms. The number of benzene rings is 1. The Balaban J connectivity index is 1.91. The summed E-state index contributed by atoms with van der Waals surface area (Å²) in [5, 5.41) is 9.48. The van der Waals surface area contributed by atoms with Crippen molar-refractivity contribution in [3.05, 3.63) is 29.3 Å². The first-order chi connectivity index (χ1) is 9.20. The maximum Gasteiger partial charge on any atom is 0.222 e. The monoisotopic (exact) mass is 273 g/mol. The van der Waals surface area contributed by atoms with Gasteiger partial charge in [-0.2, -0.15) is 5.26 Å². The molecule has 0 saturated carbocycles. The molecule has 4 nitrogen and oxygen atoms in total. The first kappa shape index (κ1) is 13.5. The maximum absolute atomic E-state index is 11.8. The van der Waals surface area contributed by atoms with Gasteiger partial charge in [0.05, 0.1) is 27.7 Å². The van der Waals surface area contributed by atoms with E-state index < -0.39 is 0 Å². The zero-order valence-electron chi connectivity index (χ0n) is 10.8. The smallest absolute Gasteiger partial charge is 0.222 e. The van der Waals surface area contributed by atoms with Crippen LogP contribution in [0.3, 0.4) is 0 Å². The van der Waals surface area contributed by atoms with E-state index in [1.54, 1.807) is 23.3 Å². The first-order valence-corrected chi connectivity index (χ1v) is 6.97. The summed E-state index contributed by atoms with van der Waals surface area (Å²) in [7, 11) is 1.73. The van der Waals surface area contributed by atoms with Crippen LogP contribution in [0.5, 0.6) is 0 Å². The van der Waals surface area contributed by atoms with Crippen LogP contribution in [-0.4, -0.2) is 29.4 Å². The number of nitriles is 1. The summed E-state index contributed by atoms with van der Waals surface area (Å²) in [6.45, 7) is 0.495. The summed E-state index contributed by atoms with van der Waals surface area (Å²) in [4.78, 5) is 17.9. The Labute approximate surface area is 116 Å². The van der Waals surface area contributed by atoms with Gasteiger partial charge in [0.1, 0.15) is 0 Å². The molecular weight excluding hydrogens is 258 g/mol. The van der Waals surface area contributed by atoms with Crippen LogP contribution < -0.4 is 0 Å². The van der Waals surface area contributed by atoms with Crippen LogP contribution in [0.25, 0.3) is 10.2 Å². The molecule has 19 heavy (non-hydrogen) atoms. The summed E-state index contributed by atoms with van der Waals surface area (Å²) in [6.07, 6.45) is 1.49. The van der Waals surface area contributed by atoms with E-state index in [2.05, 4.69) is 4.98 Å². The van der Waals surface area contributed by atoms with Gasteiger partial charge in [-0.15, -0.1) is 11.3 Å². The molecule has 0 aliphatic carbocycles. The Bertz CT molecular complexity index is 581. The van der Waals surface area contributed by atoms with Gasteiger partial charge >= 0.3 is 0 Å². The summed E-state index contributed by atoms with van der Waals surface area (Å²) >= 11 is 1.63. The lowest BCUT2D eigenvalue weighted by molar-refractivity contribution is -0.129. The summed E-state index contributed by atoms with van der Waals surface area (Å²) in [6, 6.07) is 10.0. The van der Waals surface area contributed by atoms with Crippen molar-refractivity contribution in [2.45, 2.75) is 19.3 Å². The molecule has 2 aromatic rings. The normalized spacial score (nSPS) is 10.3. The number of rotatable bonds is 5. The lowest BCUT2D eigenvalue weighted by Crippen LogP contribution is -2.27. The van der Waals surface area contributed by atoms with Crippen molar-refractivity contribution in [3.8, 4) is 6.07 Å². The van der Waals surface area contributed by atoms with E-state index in [4.69, 9.17) is 5.26 Å². The van der Waals surface area contributed by atoms with Crippen molar-refractivity contribution in [3.63, 3.8) is 0 Å². The van der Waals surface area contributed by atoms with E-state index in [9.17, 15) is 4.79 Å². The minimum absolute atomic E-state index is 0.0644. The summed E-state index contributed by atoms with van der Waals surface area (Å²) < 4.78 is 1.16. The van der Waals surface area contributed by atoms with Crippen molar-refractivity contribution in [2.24, 2.45) is 0 Å². The van der Waals surface area contributed by atoms with Crippen LogP contribution in [0.4, 0.5) is 0 Å². The number of hydrogen-bond acceptors (Lipinski definition) is 4. The number of aromatic nitrogens is 1. The topological polar surface area (TPSA) is 57.0 Å². The Morgan fingerprint density at radius 2 is 2.26 bits per heavy atom. The third kappa shape index (κ3) is 3.52. The molecule has 5 heteroatoms. The van der Waals surface area contributed by atoms with Gasteiger partial charge in [-0.1, -0.05) is 12.1 Å². The second kappa shape index (κ2) is 6.30. The highest BCUT2D eigenvalue weighted by molar-refractivity contribution is 7.18. The largest absolute Gasteiger partial charge is 0.345 e. The Kier molecular flexibility index (Phi) is 4.48. The van der Waals surface area contributed by atoms with Gasteiger partial charge in [-0.3, -0.25) is 4.79 Å². The van der Waals surface area contributed by atoms with E-state index in [-0.39, 0.29) is 5.91 Å². The highest BCUT2D eigenvalue weighted by Gasteiger charge is 2.10. The quantitative estimate of drug-likeness (QED) is 0.841. The second-order valence-corrected chi connectivity index (χ2v) is 5.41. The number of amides is 1. The number of carbonyl (C=O) groups is 1. The van der Waals surface area contributed by atoms with E-state index in [1.807, 2.05) is 30.3 Å². The van der Waals surface area contributed by atoms with Gasteiger partial charge in [0.25, 0.3) is 0 Å². The number of carbonyl (C=O) groups excluding carboxylic acids is 1. The third-order valence-electron chi connectivity index (χ3n) is 2.88. The van der Waals surface area contributed by atoms with Crippen molar-refractivity contribution in [1.82, 2.24) is 9.88 Å². The minimum Gasteiger partial charge on any atom is -0.345 e. The van der Waals surface area contributed by atoms with Crippen LogP contribution in [0, 0.1) is 11.3 Å². The zero-order chi connectivity index (χ0) is 13.7. The first-order valence-electron chi connectivity index (χ1n) is 6.16. The molecule has 0 fully saturated rings.